The number of likely N-dealkylation sites (tertiary alicyclic amines) is 1. The Morgan fingerprint density at radius 1 is 1.36 bits per heavy atom. The third-order valence-corrected chi connectivity index (χ3v) is 3.89. The summed E-state index contributed by atoms with van der Waals surface area (Å²) < 4.78 is 5.36. The van der Waals surface area contributed by atoms with Crippen LogP contribution < -0.4 is 0 Å². The molecule has 1 rings (SSSR count). The molecule has 0 aromatic carbocycles. The van der Waals surface area contributed by atoms with Crippen molar-refractivity contribution in [2.75, 3.05) is 13.1 Å². The molecule has 0 bridgehead atoms. The first-order valence-electron chi connectivity index (χ1n) is 8.11. The molecule has 0 N–H and O–H groups in total. The minimum atomic E-state index is -0.494. The van der Waals surface area contributed by atoms with Crippen LogP contribution in [-0.2, 0) is 19.1 Å². The Bertz CT molecular complexity index is 398. The first-order valence-corrected chi connectivity index (χ1v) is 8.11. The van der Waals surface area contributed by atoms with E-state index in [-0.39, 0.29) is 18.4 Å². The topological polar surface area (TPSA) is 66.9 Å². The highest BCUT2D eigenvalue weighted by Gasteiger charge is 2.32. The van der Waals surface area contributed by atoms with Gasteiger partial charge in [0.25, 0.3) is 0 Å². The van der Waals surface area contributed by atoms with Gasteiger partial charge in [0.05, 0.1) is 6.42 Å². The number of nitrogens with zero attached hydrogens (tertiary/aromatic N) is 2. The quantitative estimate of drug-likeness (QED) is 0.504. The van der Waals surface area contributed by atoms with Crippen LogP contribution in [-0.4, -0.2) is 59.4 Å². The molecule has 126 valence electrons. The van der Waals surface area contributed by atoms with Crippen LogP contribution in [0.5, 0.6) is 0 Å². The molecule has 0 aromatic heterocycles. The lowest BCUT2D eigenvalue weighted by atomic mass is 10.2. The molecule has 6 heteroatoms. The Kier molecular flexibility index (Phi) is 7.35. The largest absolute Gasteiger partial charge is 0.461 e. The summed E-state index contributed by atoms with van der Waals surface area (Å²) in [5.74, 6) is -0.410. The predicted molar refractivity (Wildman–Crippen MR) is 83.1 cm³/mol. The van der Waals surface area contributed by atoms with E-state index >= 15 is 0 Å². The average molecular weight is 312 g/mol. The second-order valence-electron chi connectivity index (χ2n) is 6.13. The lowest BCUT2D eigenvalue weighted by Gasteiger charge is -2.28. The smallest absolute Gasteiger partial charge is 0.329 e. The number of hydrogen-bond donors (Lipinski definition) is 0. The minimum absolute atomic E-state index is 0.00387. The molecule has 1 fully saturated rings. The molecule has 0 radical (unpaired) electrons. The lowest BCUT2D eigenvalue weighted by molar-refractivity contribution is -0.157. The molecule has 22 heavy (non-hydrogen) atoms. The normalized spacial score (nSPS) is 19.1. The van der Waals surface area contributed by atoms with Crippen molar-refractivity contribution in [1.29, 1.82) is 0 Å². The Balaban J connectivity index is 2.50. The Morgan fingerprint density at radius 2 is 2.05 bits per heavy atom. The molecule has 0 spiro atoms. The standard InChI is InChI=1S/C16H28N2O4/c1-5-8-18(12(2)3)15(20)10-13(4)22-16(21)14-7-6-9-17(14)11-19/h11-14H,5-10H2,1-4H3. The maximum atomic E-state index is 12.3. The van der Waals surface area contributed by atoms with E-state index in [0.717, 1.165) is 12.8 Å². The molecule has 1 heterocycles. The van der Waals surface area contributed by atoms with E-state index in [1.54, 1.807) is 11.8 Å². The first kappa shape index (κ1) is 18.5. The predicted octanol–water partition coefficient (Wildman–Crippen LogP) is 1.58. The third kappa shape index (κ3) is 5.00. The summed E-state index contributed by atoms with van der Waals surface area (Å²) in [5, 5.41) is 0. The van der Waals surface area contributed by atoms with Gasteiger partial charge in [-0.3, -0.25) is 9.59 Å². The van der Waals surface area contributed by atoms with E-state index in [4.69, 9.17) is 4.74 Å². The van der Waals surface area contributed by atoms with Gasteiger partial charge in [0.1, 0.15) is 12.1 Å². The van der Waals surface area contributed by atoms with E-state index in [9.17, 15) is 14.4 Å². The van der Waals surface area contributed by atoms with Crippen LogP contribution in [0.1, 0.15) is 53.4 Å². The molecule has 1 aliphatic rings. The summed E-state index contributed by atoms with van der Waals surface area (Å²) in [5.41, 5.74) is 0. The summed E-state index contributed by atoms with van der Waals surface area (Å²) in [7, 11) is 0. The molecular formula is C16H28N2O4. The average Bonchev–Trinajstić information content (AvgIpc) is 2.92. The molecule has 2 atom stereocenters. The molecule has 6 nitrogen and oxygen atoms in total. The van der Waals surface area contributed by atoms with Crippen molar-refractivity contribution < 1.29 is 19.1 Å². The van der Waals surface area contributed by atoms with Crippen molar-refractivity contribution in [1.82, 2.24) is 9.80 Å². The van der Waals surface area contributed by atoms with Crippen molar-refractivity contribution in [3.8, 4) is 0 Å². The van der Waals surface area contributed by atoms with E-state index < -0.39 is 18.1 Å². The lowest BCUT2D eigenvalue weighted by Crippen LogP contribution is -2.41. The number of hydrogen-bond acceptors (Lipinski definition) is 4. The molecule has 0 aliphatic carbocycles. The van der Waals surface area contributed by atoms with Gasteiger partial charge in [-0.25, -0.2) is 4.79 Å². The van der Waals surface area contributed by atoms with Gasteiger partial charge in [-0.2, -0.15) is 0 Å². The van der Waals surface area contributed by atoms with Gasteiger partial charge in [0, 0.05) is 19.1 Å². The fourth-order valence-corrected chi connectivity index (χ4v) is 2.76. The Hall–Kier alpha value is -1.59. The fraction of sp³-hybridized carbons (Fsp3) is 0.812. The third-order valence-electron chi connectivity index (χ3n) is 3.89. The monoisotopic (exact) mass is 312 g/mol. The molecule has 0 aromatic rings. The van der Waals surface area contributed by atoms with Gasteiger partial charge in [0.15, 0.2) is 0 Å². The van der Waals surface area contributed by atoms with Crippen LogP contribution in [0.3, 0.4) is 0 Å². The Morgan fingerprint density at radius 3 is 2.59 bits per heavy atom. The number of rotatable bonds is 8. The molecule has 2 amide bonds. The summed E-state index contributed by atoms with van der Waals surface area (Å²) in [4.78, 5) is 38.5. The highest BCUT2D eigenvalue weighted by atomic mass is 16.5. The van der Waals surface area contributed by atoms with Crippen molar-refractivity contribution >= 4 is 18.3 Å². The second-order valence-corrected chi connectivity index (χ2v) is 6.13. The molecule has 0 saturated carbocycles. The molecule has 1 saturated heterocycles. The van der Waals surface area contributed by atoms with Crippen LogP contribution in [0.25, 0.3) is 0 Å². The first-order chi connectivity index (χ1) is 10.4. The number of carbonyl (C=O) groups excluding carboxylic acids is 3. The van der Waals surface area contributed by atoms with E-state index in [0.29, 0.717) is 25.9 Å². The minimum Gasteiger partial charge on any atom is -0.461 e. The highest BCUT2D eigenvalue weighted by molar-refractivity contribution is 5.80. The fourth-order valence-electron chi connectivity index (χ4n) is 2.76. The van der Waals surface area contributed by atoms with Crippen molar-refractivity contribution in [2.24, 2.45) is 0 Å². The van der Waals surface area contributed by atoms with Gasteiger partial charge in [-0.15, -0.1) is 0 Å². The van der Waals surface area contributed by atoms with Crippen molar-refractivity contribution in [3.05, 3.63) is 0 Å². The van der Waals surface area contributed by atoms with Gasteiger partial charge in [-0.1, -0.05) is 6.92 Å². The van der Waals surface area contributed by atoms with Crippen LogP contribution in [0.4, 0.5) is 0 Å². The van der Waals surface area contributed by atoms with E-state index in [1.807, 2.05) is 20.8 Å². The molecular weight excluding hydrogens is 284 g/mol. The van der Waals surface area contributed by atoms with E-state index in [1.165, 1.54) is 4.90 Å². The summed E-state index contributed by atoms with van der Waals surface area (Å²) >= 11 is 0. The summed E-state index contributed by atoms with van der Waals surface area (Å²) in [6, 6.07) is -0.359. The van der Waals surface area contributed by atoms with Gasteiger partial charge < -0.3 is 14.5 Å². The number of carbonyl (C=O) groups is 3. The molecule has 1 aliphatic heterocycles. The maximum absolute atomic E-state index is 12.3. The Labute approximate surface area is 132 Å². The van der Waals surface area contributed by atoms with Gasteiger partial charge in [-0.05, 0) is 40.0 Å². The highest BCUT2D eigenvalue weighted by Crippen LogP contribution is 2.18. The van der Waals surface area contributed by atoms with Gasteiger partial charge >= 0.3 is 5.97 Å². The van der Waals surface area contributed by atoms with Crippen LogP contribution in [0, 0.1) is 0 Å². The van der Waals surface area contributed by atoms with Crippen LogP contribution in [0.2, 0.25) is 0 Å². The van der Waals surface area contributed by atoms with Gasteiger partial charge in [0.2, 0.25) is 12.3 Å². The zero-order valence-electron chi connectivity index (χ0n) is 14.1. The summed E-state index contributed by atoms with van der Waals surface area (Å²) in [6.45, 7) is 9.00. The number of esters is 1. The van der Waals surface area contributed by atoms with Crippen molar-refractivity contribution in [2.45, 2.75) is 71.6 Å². The zero-order valence-corrected chi connectivity index (χ0v) is 14.1. The second kappa shape index (κ2) is 8.76. The number of amides is 2. The number of ether oxygens (including phenoxy) is 1. The zero-order chi connectivity index (χ0) is 16.7. The summed E-state index contributed by atoms with van der Waals surface area (Å²) in [6.07, 6.45) is 2.73. The maximum Gasteiger partial charge on any atom is 0.329 e. The molecule has 2 unspecified atom stereocenters. The van der Waals surface area contributed by atoms with Crippen LogP contribution in [0.15, 0.2) is 0 Å². The van der Waals surface area contributed by atoms with Crippen molar-refractivity contribution in [3.63, 3.8) is 0 Å². The van der Waals surface area contributed by atoms with E-state index in [2.05, 4.69) is 0 Å². The van der Waals surface area contributed by atoms with Crippen LogP contribution >= 0.6 is 0 Å². The SMILES string of the molecule is CCCN(C(=O)CC(C)OC(=O)C1CCCN1C=O)C(C)C.